The van der Waals surface area contributed by atoms with E-state index < -0.39 is 33.4 Å². The summed E-state index contributed by atoms with van der Waals surface area (Å²) in [6, 6.07) is 9.84. The molecule has 13 heteroatoms. The smallest absolute Gasteiger partial charge is 0.407 e. The van der Waals surface area contributed by atoms with Crippen LogP contribution in [0.5, 0.6) is 0 Å². The first-order valence-corrected chi connectivity index (χ1v) is 15.5. The number of aryl methyl sites for hydroxylation is 1. The van der Waals surface area contributed by atoms with Crippen molar-refractivity contribution in [3.05, 3.63) is 71.6 Å². The van der Waals surface area contributed by atoms with Crippen LogP contribution in [0.2, 0.25) is 0 Å². The lowest BCUT2D eigenvalue weighted by Gasteiger charge is -2.31. The first kappa shape index (κ1) is 30.9. The summed E-state index contributed by atoms with van der Waals surface area (Å²) in [5.74, 6) is -1.86. The van der Waals surface area contributed by atoms with Crippen molar-refractivity contribution in [1.29, 1.82) is 5.26 Å². The highest BCUT2D eigenvalue weighted by Crippen LogP contribution is 2.35. The normalized spacial score (nSPS) is 17.2. The number of alkyl carbamates (subject to hydrolysis) is 1. The molecule has 1 fully saturated rings. The minimum absolute atomic E-state index is 0.0343. The van der Waals surface area contributed by atoms with Crippen LogP contribution >= 0.6 is 0 Å². The van der Waals surface area contributed by atoms with Crippen molar-refractivity contribution >= 4 is 32.8 Å². The third kappa shape index (κ3) is 6.50. The Balaban J connectivity index is 1.50. The number of hydrogen-bond acceptors (Lipinski definition) is 8. The molecule has 0 spiro atoms. The van der Waals surface area contributed by atoms with Crippen LogP contribution in [0.25, 0.3) is 22.3 Å². The maximum Gasteiger partial charge on any atom is 0.407 e. The Labute approximate surface area is 254 Å². The molecule has 1 aliphatic rings. The average molecular weight is 623 g/mol. The predicted octanol–water partition coefficient (Wildman–Crippen LogP) is 6.04. The van der Waals surface area contributed by atoms with Crippen molar-refractivity contribution in [2.45, 2.75) is 76.0 Å². The number of amides is 1. The van der Waals surface area contributed by atoms with Gasteiger partial charge in [0.25, 0.3) is 10.0 Å². The van der Waals surface area contributed by atoms with Crippen LogP contribution in [0.4, 0.5) is 19.4 Å². The van der Waals surface area contributed by atoms with Gasteiger partial charge in [0.2, 0.25) is 0 Å². The number of hydrogen-bond donors (Lipinski definition) is 2. The maximum absolute atomic E-state index is 15.4. The van der Waals surface area contributed by atoms with Gasteiger partial charge in [-0.05, 0) is 77.6 Å². The number of nitrogens with one attached hydrogen (secondary N) is 2. The summed E-state index contributed by atoms with van der Waals surface area (Å²) in [6.07, 6.45) is 4.28. The number of fused-ring (bicyclic) bond motifs is 1. The Hall–Kier alpha value is -4.57. The summed E-state index contributed by atoms with van der Waals surface area (Å²) < 4.78 is 63.9. The zero-order valence-corrected chi connectivity index (χ0v) is 25.5. The monoisotopic (exact) mass is 622 g/mol. The zero-order valence-electron chi connectivity index (χ0n) is 24.7. The molecule has 2 atom stereocenters. The second kappa shape index (κ2) is 11.8. The van der Waals surface area contributed by atoms with Gasteiger partial charge in [0.05, 0.1) is 22.7 Å². The summed E-state index contributed by atoms with van der Waals surface area (Å²) >= 11 is 0. The fourth-order valence-electron chi connectivity index (χ4n) is 5.25. The minimum Gasteiger partial charge on any atom is -0.444 e. The largest absolute Gasteiger partial charge is 0.444 e. The summed E-state index contributed by atoms with van der Waals surface area (Å²) in [6.45, 7) is 7.14. The molecular weight excluding hydrogens is 590 g/mol. The highest BCUT2D eigenvalue weighted by atomic mass is 32.2. The minimum atomic E-state index is -4.28. The molecule has 0 saturated heterocycles. The van der Waals surface area contributed by atoms with E-state index in [1.165, 1.54) is 24.4 Å². The van der Waals surface area contributed by atoms with Crippen molar-refractivity contribution < 1.29 is 26.7 Å². The Kier molecular flexibility index (Phi) is 8.31. The highest BCUT2D eigenvalue weighted by Gasteiger charge is 2.28. The number of anilines is 1. The Bertz CT molecular complexity index is 1880. The molecule has 2 aromatic carbocycles. The van der Waals surface area contributed by atoms with E-state index in [0.717, 1.165) is 34.6 Å². The number of nitriles is 1. The van der Waals surface area contributed by atoms with Crippen molar-refractivity contribution in [2.75, 3.05) is 5.32 Å². The van der Waals surface area contributed by atoms with Crippen LogP contribution in [0.15, 0.2) is 53.7 Å². The average Bonchev–Trinajstić information content (AvgIpc) is 3.34. The van der Waals surface area contributed by atoms with Crippen molar-refractivity contribution in [3.63, 3.8) is 0 Å². The molecule has 0 radical (unpaired) electrons. The molecule has 4 aromatic rings. The molecule has 2 aromatic heterocycles. The third-order valence-corrected chi connectivity index (χ3v) is 8.92. The molecule has 0 aliphatic heterocycles. The molecule has 1 saturated carbocycles. The second-order valence-electron chi connectivity index (χ2n) is 11.9. The maximum atomic E-state index is 15.4. The van der Waals surface area contributed by atoms with E-state index in [1.54, 1.807) is 32.9 Å². The zero-order chi connectivity index (χ0) is 31.8. The van der Waals surface area contributed by atoms with Gasteiger partial charge in [0.1, 0.15) is 16.9 Å². The van der Waals surface area contributed by atoms with Gasteiger partial charge in [-0.2, -0.15) is 5.26 Å². The molecule has 1 amide bonds. The van der Waals surface area contributed by atoms with Gasteiger partial charge in [0, 0.05) is 29.2 Å². The number of benzene rings is 2. The number of rotatable bonds is 6. The second-order valence-corrected chi connectivity index (χ2v) is 13.7. The number of nitrogens with zero attached hydrogens (tertiary/aromatic N) is 4. The third-order valence-electron chi connectivity index (χ3n) is 7.25. The van der Waals surface area contributed by atoms with Crippen molar-refractivity contribution in [1.82, 2.24) is 19.3 Å². The standard InChI is InChI=1S/C31H32F2N6O4S/c1-18-8-10-22(11-9-18)44(41,42)39-17-24(23-12-19(15-34)13-25(32)27(23)39)28-35-16-26(33)29(38-28)36-20-6-5-7-21(14-20)37-30(40)43-31(2,3)4/h8-13,16-17,20-21H,5-7,14H2,1-4H3,(H,37,40)(H,35,36,38)/t20-,21+/m1/s1. The summed E-state index contributed by atoms with van der Waals surface area (Å²) in [5, 5.41) is 15.5. The van der Waals surface area contributed by atoms with Crippen LogP contribution in [-0.4, -0.2) is 46.1 Å². The predicted molar refractivity (Wildman–Crippen MR) is 160 cm³/mol. The molecule has 5 rings (SSSR count). The summed E-state index contributed by atoms with van der Waals surface area (Å²) in [4.78, 5) is 20.7. The summed E-state index contributed by atoms with van der Waals surface area (Å²) in [5.41, 5.74) is -0.0197. The van der Waals surface area contributed by atoms with E-state index in [2.05, 4.69) is 20.6 Å². The van der Waals surface area contributed by atoms with Gasteiger partial charge in [0.15, 0.2) is 17.5 Å². The lowest BCUT2D eigenvalue weighted by atomic mass is 9.91. The lowest BCUT2D eigenvalue weighted by molar-refractivity contribution is 0.0492. The Morgan fingerprint density at radius 3 is 2.50 bits per heavy atom. The van der Waals surface area contributed by atoms with Crippen molar-refractivity contribution in [3.8, 4) is 17.5 Å². The molecule has 1 aliphatic carbocycles. The van der Waals surface area contributed by atoms with Gasteiger partial charge < -0.3 is 15.4 Å². The molecule has 2 heterocycles. The van der Waals surface area contributed by atoms with Gasteiger partial charge in [-0.3, -0.25) is 0 Å². The number of carbonyl (C=O) groups is 1. The highest BCUT2D eigenvalue weighted by molar-refractivity contribution is 7.90. The molecule has 2 N–H and O–H groups in total. The quantitative estimate of drug-likeness (QED) is 0.265. The number of carbonyl (C=O) groups excluding carboxylic acids is 1. The van der Waals surface area contributed by atoms with Crippen LogP contribution in [0.3, 0.4) is 0 Å². The molecular formula is C31H32F2N6O4S. The van der Waals surface area contributed by atoms with Crippen LogP contribution in [0, 0.1) is 29.9 Å². The van der Waals surface area contributed by atoms with E-state index in [1.807, 2.05) is 13.0 Å². The van der Waals surface area contributed by atoms with E-state index in [0.29, 0.717) is 12.8 Å². The lowest BCUT2D eigenvalue weighted by Crippen LogP contribution is -2.44. The van der Waals surface area contributed by atoms with Gasteiger partial charge in [-0.1, -0.05) is 17.7 Å². The van der Waals surface area contributed by atoms with Gasteiger partial charge >= 0.3 is 6.09 Å². The number of halogens is 2. The SMILES string of the molecule is Cc1ccc(S(=O)(=O)n2cc(-c3ncc(F)c(N[C@@H]4CCC[C@H](NC(=O)OC(C)(C)C)C4)n3)c3cc(C#N)cc(F)c32)cc1. The molecule has 44 heavy (non-hydrogen) atoms. The first-order valence-electron chi connectivity index (χ1n) is 14.1. The first-order chi connectivity index (χ1) is 20.7. The topological polar surface area (TPSA) is 139 Å². The Morgan fingerprint density at radius 2 is 1.82 bits per heavy atom. The van der Waals surface area contributed by atoms with Gasteiger partial charge in [-0.15, -0.1) is 0 Å². The fraction of sp³-hybridized carbons (Fsp3) is 0.355. The summed E-state index contributed by atoms with van der Waals surface area (Å²) in [7, 11) is -4.28. The number of aromatic nitrogens is 3. The molecule has 230 valence electrons. The van der Waals surface area contributed by atoms with Crippen LogP contribution in [-0.2, 0) is 14.8 Å². The van der Waals surface area contributed by atoms with E-state index in [4.69, 9.17) is 4.74 Å². The molecule has 10 nitrogen and oxygen atoms in total. The van der Waals surface area contributed by atoms with E-state index >= 15 is 4.39 Å². The van der Waals surface area contributed by atoms with E-state index in [-0.39, 0.29) is 50.7 Å². The van der Waals surface area contributed by atoms with Crippen LogP contribution in [0.1, 0.15) is 57.6 Å². The molecule has 0 unspecified atom stereocenters. The Morgan fingerprint density at radius 1 is 1.11 bits per heavy atom. The number of ether oxygens (including phenoxy) is 1. The van der Waals surface area contributed by atoms with Crippen LogP contribution < -0.4 is 10.6 Å². The van der Waals surface area contributed by atoms with Gasteiger partial charge in [-0.25, -0.2) is 35.9 Å². The molecule has 0 bridgehead atoms. The fourth-order valence-corrected chi connectivity index (χ4v) is 6.63. The van der Waals surface area contributed by atoms with Crippen molar-refractivity contribution in [2.24, 2.45) is 0 Å². The van der Waals surface area contributed by atoms with E-state index in [9.17, 15) is 22.9 Å².